The van der Waals surface area contributed by atoms with Crippen molar-refractivity contribution in [1.82, 2.24) is 22.8 Å². The molecule has 0 N–H and O–H groups in total. The van der Waals surface area contributed by atoms with Crippen LogP contribution in [0.5, 0.6) is 0 Å². The van der Waals surface area contributed by atoms with E-state index in [-0.39, 0.29) is 6.61 Å². The Labute approximate surface area is 243 Å². The summed E-state index contributed by atoms with van der Waals surface area (Å²) in [7, 11) is 6.11. The topological polar surface area (TPSA) is 123 Å². The molecule has 4 aromatic heterocycles. The summed E-state index contributed by atoms with van der Waals surface area (Å²) in [4.78, 5) is 65.4. The highest BCUT2D eigenvalue weighted by atomic mass is 16.5. The maximum absolute atomic E-state index is 13.7. The van der Waals surface area contributed by atoms with Crippen molar-refractivity contribution in [1.29, 1.82) is 0 Å². The minimum Gasteiger partial charge on any atom is -0.462 e. The van der Waals surface area contributed by atoms with E-state index >= 15 is 0 Å². The van der Waals surface area contributed by atoms with Crippen molar-refractivity contribution in [3.05, 3.63) is 90.2 Å². The molecule has 0 amide bonds. The highest BCUT2D eigenvalue weighted by Gasteiger charge is 2.30. The third-order valence-electron chi connectivity index (χ3n) is 8.32. The van der Waals surface area contributed by atoms with Crippen molar-refractivity contribution >= 4 is 49.8 Å². The summed E-state index contributed by atoms with van der Waals surface area (Å²) >= 11 is 0. The maximum Gasteiger partial charge on any atom is 0.445 e. The second kappa shape index (κ2) is 9.93. The first-order valence-corrected chi connectivity index (χ1v) is 13.9. The first-order chi connectivity index (χ1) is 20.5. The van der Waals surface area contributed by atoms with E-state index < -0.39 is 34.5 Å². The fourth-order valence-electron chi connectivity index (χ4n) is 6.14. The average Bonchev–Trinajstić information content (AvgIpc) is 3.42. The summed E-state index contributed by atoms with van der Waals surface area (Å²) in [6, 6.07) is 14.4. The highest BCUT2D eigenvalue weighted by molar-refractivity contribution is 6.13. The van der Waals surface area contributed by atoms with Crippen molar-refractivity contribution in [3.8, 4) is 5.69 Å². The normalized spacial score (nSPS) is 12.5. The van der Waals surface area contributed by atoms with Gasteiger partial charge >= 0.3 is 22.9 Å². The third-order valence-corrected chi connectivity index (χ3v) is 8.32. The second-order valence-corrected chi connectivity index (χ2v) is 10.8. The number of carbonyl (C=O) groups is 1. The van der Waals surface area contributed by atoms with E-state index in [9.17, 15) is 24.0 Å². The van der Waals surface area contributed by atoms with Crippen LogP contribution in [-0.2, 0) is 37.7 Å². The van der Waals surface area contributed by atoms with E-state index in [1.807, 2.05) is 52.5 Å². The van der Waals surface area contributed by atoms with Crippen LogP contribution in [0, 0.1) is 0 Å². The molecule has 0 bridgehead atoms. The van der Waals surface area contributed by atoms with Gasteiger partial charge in [0.25, 0.3) is 5.56 Å². The van der Waals surface area contributed by atoms with Gasteiger partial charge in [0, 0.05) is 43.5 Å². The molecule has 0 aliphatic carbocycles. The van der Waals surface area contributed by atoms with Gasteiger partial charge in [0.05, 0.1) is 25.0 Å². The number of nitrogens with zero attached hydrogens (tertiary/aromatic N) is 6. The minimum atomic E-state index is -0.490. The van der Waals surface area contributed by atoms with Gasteiger partial charge in [-0.1, -0.05) is 31.2 Å². The lowest BCUT2D eigenvalue weighted by Crippen LogP contribution is -2.56. The lowest BCUT2D eigenvalue weighted by atomic mass is 10.2. The van der Waals surface area contributed by atoms with Crippen LogP contribution in [0.25, 0.3) is 49.6 Å². The van der Waals surface area contributed by atoms with Crippen LogP contribution in [0.4, 0.5) is 0 Å². The number of esters is 1. The number of aryl methyl sites for hydroxylation is 2. The first-order valence-electron chi connectivity index (χ1n) is 13.9. The van der Waals surface area contributed by atoms with Crippen LogP contribution >= 0.6 is 0 Å². The molecule has 0 radical (unpaired) electrons. The molecule has 6 aromatic rings. The smallest absolute Gasteiger partial charge is 0.445 e. The first kappa shape index (κ1) is 27.9. The lowest BCUT2D eigenvalue weighted by Gasteiger charge is -2.16. The number of ether oxygens (including phenoxy) is 1. The molecule has 0 aliphatic rings. The Morgan fingerprint density at radius 3 is 2.12 bits per heavy atom. The predicted octanol–water partition coefficient (Wildman–Crippen LogP) is 1.69. The summed E-state index contributed by atoms with van der Waals surface area (Å²) in [5.74, 6) is -0.446. The number of fused-ring (bicyclic) bond motifs is 6. The Kier molecular flexibility index (Phi) is 6.44. The lowest BCUT2D eigenvalue weighted by molar-refractivity contribution is -0.667. The highest BCUT2D eigenvalue weighted by Crippen LogP contribution is 2.35. The predicted molar refractivity (Wildman–Crippen MR) is 163 cm³/mol. The number of carbonyl (C=O) groups excluding carboxylic acids is 1. The van der Waals surface area contributed by atoms with E-state index in [1.165, 1.54) is 30.2 Å². The molecule has 43 heavy (non-hydrogen) atoms. The van der Waals surface area contributed by atoms with Crippen LogP contribution in [-0.4, -0.2) is 35.4 Å². The van der Waals surface area contributed by atoms with E-state index in [1.54, 1.807) is 26.2 Å². The molecule has 0 aliphatic heterocycles. The van der Waals surface area contributed by atoms with Crippen LogP contribution in [0.15, 0.2) is 67.7 Å². The summed E-state index contributed by atoms with van der Waals surface area (Å²) in [5, 5.41) is 1.83. The molecule has 0 saturated carbocycles. The van der Waals surface area contributed by atoms with Crippen molar-refractivity contribution in [2.75, 3.05) is 6.61 Å². The van der Waals surface area contributed by atoms with Gasteiger partial charge in [-0.15, -0.1) is 0 Å². The summed E-state index contributed by atoms with van der Waals surface area (Å²) in [5.41, 5.74) is 0.895. The molecule has 12 heteroatoms. The van der Waals surface area contributed by atoms with Crippen LogP contribution in [0.2, 0.25) is 0 Å². The van der Waals surface area contributed by atoms with Crippen LogP contribution in [0.3, 0.4) is 0 Å². The van der Waals surface area contributed by atoms with E-state index in [0.717, 1.165) is 14.8 Å². The van der Waals surface area contributed by atoms with Gasteiger partial charge in [-0.2, -0.15) is 9.13 Å². The van der Waals surface area contributed by atoms with Crippen LogP contribution in [0.1, 0.15) is 26.3 Å². The van der Waals surface area contributed by atoms with Gasteiger partial charge in [-0.05, 0) is 24.6 Å². The van der Waals surface area contributed by atoms with Crippen LogP contribution < -0.4 is 27.1 Å². The van der Waals surface area contributed by atoms with E-state index in [4.69, 9.17) is 4.74 Å². The third kappa shape index (κ3) is 3.89. The molecule has 0 unspecified atom stereocenters. The summed E-state index contributed by atoms with van der Waals surface area (Å²) < 4.78 is 14.2. The zero-order valence-electron chi connectivity index (χ0n) is 24.7. The van der Waals surface area contributed by atoms with Gasteiger partial charge in [0.2, 0.25) is 5.65 Å². The molecule has 2 aromatic carbocycles. The van der Waals surface area contributed by atoms with Crippen molar-refractivity contribution < 1.29 is 14.1 Å². The molecule has 6 rings (SSSR count). The molecule has 4 heterocycles. The summed E-state index contributed by atoms with van der Waals surface area (Å²) in [6.45, 7) is 3.28. The average molecular weight is 584 g/mol. The Hall–Kier alpha value is -5.26. The van der Waals surface area contributed by atoms with Crippen molar-refractivity contribution in [2.24, 2.45) is 28.2 Å². The zero-order valence-corrected chi connectivity index (χ0v) is 24.7. The second-order valence-electron chi connectivity index (χ2n) is 10.8. The number of para-hydroxylation sites is 1. The maximum atomic E-state index is 13.7. The van der Waals surface area contributed by atoms with Gasteiger partial charge in [0.1, 0.15) is 29.2 Å². The van der Waals surface area contributed by atoms with Gasteiger partial charge in [-0.25, -0.2) is 14.4 Å². The Balaban J connectivity index is 1.94. The number of hydrogen-bond donors (Lipinski definition) is 0. The van der Waals surface area contributed by atoms with E-state index in [0.29, 0.717) is 50.3 Å². The minimum absolute atomic E-state index is 0.0204. The number of benzene rings is 1. The fraction of sp³-hybridized carbons (Fsp3) is 0.290. The quantitative estimate of drug-likeness (QED) is 0.225. The number of hydrogen-bond acceptors (Lipinski definition) is 6. The zero-order chi connectivity index (χ0) is 30.9. The SMILES string of the molecule is CC[C@H](COC(C)=O)n1c2cc3c(ccc2c2c(=O)n(C)c(=O)[n+](C)c21)c1c(=O)n(C)c(=O)n(C)c1n3-c1ccccc1. The van der Waals surface area contributed by atoms with Gasteiger partial charge < -0.3 is 4.74 Å². The molecular weight excluding hydrogens is 552 g/mol. The molecule has 12 nitrogen and oxygen atoms in total. The molecule has 220 valence electrons. The summed E-state index contributed by atoms with van der Waals surface area (Å²) in [6.07, 6.45) is 0.522. The monoisotopic (exact) mass is 583 g/mol. The molecule has 0 fully saturated rings. The Bertz CT molecular complexity index is 2390. The Morgan fingerprint density at radius 1 is 0.860 bits per heavy atom. The molecule has 1 atom stereocenters. The van der Waals surface area contributed by atoms with Crippen molar-refractivity contribution in [3.63, 3.8) is 0 Å². The molecule has 0 spiro atoms. The fourth-order valence-corrected chi connectivity index (χ4v) is 6.14. The molecular formula is C31H31N6O6+. The van der Waals surface area contributed by atoms with Crippen molar-refractivity contribution in [2.45, 2.75) is 26.3 Å². The molecule has 0 saturated heterocycles. The standard InChI is InChI=1S/C31H31N6O6/c1-7-18(16-43-17(2)38)36-22-15-23-21(14-13-20(22)24-26(36)32(3)30(41)34(5)28(24)39)25-27(33(4)31(42)35(6)29(25)40)37(23)19-11-9-8-10-12-19/h8-15,18H,7,16H2,1-6H3/q+1/t18-/m1/s1. The number of rotatable bonds is 5. The van der Waals surface area contributed by atoms with Gasteiger partial charge in [0.15, 0.2) is 0 Å². The Morgan fingerprint density at radius 2 is 1.49 bits per heavy atom. The number of aromatic nitrogens is 6. The van der Waals surface area contributed by atoms with E-state index in [2.05, 4.69) is 0 Å². The van der Waals surface area contributed by atoms with Gasteiger partial charge in [-0.3, -0.25) is 27.9 Å². The largest absolute Gasteiger partial charge is 0.462 e.